The highest BCUT2D eigenvalue weighted by molar-refractivity contribution is 5.91. The number of hydrogen-bond acceptors (Lipinski definition) is 5. The van der Waals surface area contributed by atoms with Crippen LogP contribution in [-0.2, 0) is 15.7 Å². The molecule has 0 saturated carbocycles. The molecule has 0 aliphatic heterocycles. The van der Waals surface area contributed by atoms with Gasteiger partial charge in [-0.3, -0.25) is 9.79 Å². The first-order chi connectivity index (χ1) is 11.3. The molecule has 0 radical (unpaired) electrons. The van der Waals surface area contributed by atoms with Crippen molar-refractivity contribution in [3.05, 3.63) is 23.9 Å². The summed E-state index contributed by atoms with van der Waals surface area (Å²) in [5.41, 5.74) is -1.47. The van der Waals surface area contributed by atoms with Gasteiger partial charge < -0.3 is 10.1 Å². The van der Waals surface area contributed by atoms with Gasteiger partial charge in [0.25, 0.3) is 0 Å². The number of allylic oxidation sites excluding steroid dienone is 1. The zero-order valence-corrected chi connectivity index (χ0v) is 13.1. The molecule has 1 N–H and O–H groups in total. The summed E-state index contributed by atoms with van der Waals surface area (Å²) in [6.07, 6.45) is -1.56. The number of hydrogen-bond donors (Lipinski definition) is 1. The topological polar surface area (TPSA) is 88.8 Å². The minimum atomic E-state index is -4.76. The fraction of sp³-hybridized carbons (Fsp3) is 0.357. The number of alkyl halides is 3. The van der Waals surface area contributed by atoms with E-state index in [2.05, 4.69) is 32.0 Å². The van der Waals surface area contributed by atoms with Crippen LogP contribution in [0.3, 0.4) is 0 Å². The van der Waals surface area contributed by atoms with E-state index in [0.29, 0.717) is 0 Å². The van der Waals surface area contributed by atoms with E-state index in [-0.39, 0.29) is 24.4 Å². The number of nitrogens with zero attached hydrogens (tertiary/aromatic N) is 4. The first-order valence-corrected chi connectivity index (χ1v) is 6.67. The Morgan fingerprint density at radius 1 is 1.50 bits per heavy atom. The zero-order valence-electron chi connectivity index (χ0n) is 13.1. The number of aromatic nitrogens is 2. The number of ether oxygens (including phenoxy) is 1. The maximum atomic E-state index is 13.2. The van der Waals surface area contributed by atoms with Gasteiger partial charge in [-0.15, -0.1) is 0 Å². The second kappa shape index (κ2) is 8.87. The van der Waals surface area contributed by atoms with E-state index < -0.39 is 23.5 Å². The third kappa shape index (κ3) is 5.88. The van der Waals surface area contributed by atoms with E-state index in [1.165, 1.54) is 20.2 Å². The molecule has 0 aromatic carbocycles. The van der Waals surface area contributed by atoms with Gasteiger partial charge in [0.1, 0.15) is 6.34 Å². The summed E-state index contributed by atoms with van der Waals surface area (Å²) in [6.45, 7) is 4.76. The number of rotatable bonds is 7. The molecule has 0 fully saturated rings. The van der Waals surface area contributed by atoms with Crippen LogP contribution < -0.4 is 5.32 Å². The molecule has 24 heavy (non-hydrogen) atoms. The van der Waals surface area contributed by atoms with Gasteiger partial charge in [0.05, 0.1) is 24.9 Å². The van der Waals surface area contributed by atoms with Gasteiger partial charge >= 0.3 is 6.18 Å². The van der Waals surface area contributed by atoms with Crippen LogP contribution in [0, 0.1) is 0 Å². The van der Waals surface area contributed by atoms with E-state index in [9.17, 15) is 18.0 Å². The zero-order chi connectivity index (χ0) is 18.2. The van der Waals surface area contributed by atoms with E-state index in [1.54, 1.807) is 0 Å². The SMILES string of the molecule is C=NC=N/C=C(\C)c1ncc(NC(=O)CCOC)c(C(F)(F)F)n1. The Morgan fingerprint density at radius 3 is 2.79 bits per heavy atom. The average molecular weight is 343 g/mol. The minimum absolute atomic E-state index is 0.0856. The Bertz CT molecular complexity index is 656. The molecule has 0 bridgehead atoms. The Kier molecular flexibility index (Phi) is 7.18. The van der Waals surface area contributed by atoms with Crippen molar-refractivity contribution in [2.75, 3.05) is 19.0 Å². The van der Waals surface area contributed by atoms with Crippen molar-refractivity contribution in [3.8, 4) is 0 Å². The summed E-state index contributed by atoms with van der Waals surface area (Å²) in [5, 5.41) is 2.13. The molecule has 10 heteroatoms. The standard InChI is InChI=1S/C14H16F3N5O2/c1-9(6-19-8-18-2)13-20-7-10(12(22-13)14(15,16)17)21-11(23)4-5-24-3/h6-8H,2,4-5H2,1,3H3,(H,21,23)/b9-6+,19-8?. The lowest BCUT2D eigenvalue weighted by Gasteiger charge is -2.13. The summed E-state index contributed by atoms with van der Waals surface area (Å²) in [5.74, 6) is -0.800. The number of halogens is 3. The van der Waals surface area contributed by atoms with E-state index in [1.807, 2.05) is 0 Å². The highest BCUT2D eigenvalue weighted by atomic mass is 19.4. The number of nitrogens with one attached hydrogen (secondary N) is 1. The number of anilines is 1. The van der Waals surface area contributed by atoms with Crippen LogP contribution in [-0.4, -0.2) is 42.6 Å². The van der Waals surface area contributed by atoms with Crippen molar-refractivity contribution in [1.29, 1.82) is 0 Å². The lowest BCUT2D eigenvalue weighted by atomic mass is 10.2. The molecule has 7 nitrogen and oxygen atoms in total. The normalized spacial score (nSPS) is 12.5. The maximum Gasteiger partial charge on any atom is 0.435 e. The number of aliphatic imine (C=N–C) groups is 2. The highest BCUT2D eigenvalue weighted by Gasteiger charge is 2.36. The van der Waals surface area contributed by atoms with Gasteiger partial charge in [-0.05, 0) is 13.6 Å². The van der Waals surface area contributed by atoms with Gasteiger partial charge in [-0.1, -0.05) is 0 Å². The molecule has 1 amide bonds. The minimum Gasteiger partial charge on any atom is -0.384 e. The summed E-state index contributed by atoms with van der Waals surface area (Å²) < 4.78 is 44.2. The number of carbonyl (C=O) groups is 1. The molecular weight excluding hydrogens is 327 g/mol. The van der Waals surface area contributed by atoms with Crippen molar-refractivity contribution < 1.29 is 22.7 Å². The number of methoxy groups -OCH3 is 1. The predicted molar refractivity (Wildman–Crippen MR) is 83.8 cm³/mol. The van der Waals surface area contributed by atoms with E-state index in [0.717, 1.165) is 12.5 Å². The van der Waals surface area contributed by atoms with Crippen molar-refractivity contribution in [2.24, 2.45) is 9.98 Å². The van der Waals surface area contributed by atoms with E-state index in [4.69, 9.17) is 4.74 Å². The van der Waals surface area contributed by atoms with Gasteiger partial charge in [-0.25, -0.2) is 15.0 Å². The van der Waals surface area contributed by atoms with Crippen LogP contribution in [0.5, 0.6) is 0 Å². The first kappa shape index (κ1) is 19.4. The molecule has 0 saturated heterocycles. The molecule has 1 aromatic heterocycles. The Labute approximate surface area is 136 Å². The van der Waals surface area contributed by atoms with Gasteiger partial charge in [0, 0.05) is 18.9 Å². The van der Waals surface area contributed by atoms with Gasteiger partial charge in [0.15, 0.2) is 11.5 Å². The van der Waals surface area contributed by atoms with Crippen LogP contribution in [0.2, 0.25) is 0 Å². The smallest absolute Gasteiger partial charge is 0.384 e. The van der Waals surface area contributed by atoms with Crippen LogP contribution >= 0.6 is 0 Å². The molecule has 1 rings (SSSR count). The average Bonchev–Trinajstić information content (AvgIpc) is 2.52. The van der Waals surface area contributed by atoms with Gasteiger partial charge in [0.2, 0.25) is 5.91 Å². The van der Waals surface area contributed by atoms with Crippen LogP contribution in [0.15, 0.2) is 22.4 Å². The van der Waals surface area contributed by atoms with Crippen LogP contribution in [0.4, 0.5) is 18.9 Å². The summed E-state index contributed by atoms with van der Waals surface area (Å²) in [7, 11) is 1.38. The third-order valence-electron chi connectivity index (χ3n) is 2.63. The summed E-state index contributed by atoms with van der Waals surface area (Å²) in [6, 6.07) is 0. The molecule has 0 spiro atoms. The Hall–Kier alpha value is -2.62. The predicted octanol–water partition coefficient (Wildman–Crippen LogP) is 2.56. The Balaban J connectivity index is 3.14. The molecule has 1 heterocycles. The summed E-state index contributed by atoms with van der Waals surface area (Å²) >= 11 is 0. The molecule has 0 unspecified atom stereocenters. The maximum absolute atomic E-state index is 13.2. The van der Waals surface area contributed by atoms with Crippen molar-refractivity contribution in [1.82, 2.24) is 9.97 Å². The highest BCUT2D eigenvalue weighted by Crippen LogP contribution is 2.33. The summed E-state index contributed by atoms with van der Waals surface area (Å²) in [4.78, 5) is 26.0. The quantitative estimate of drug-likeness (QED) is 0.609. The lowest BCUT2D eigenvalue weighted by molar-refractivity contribution is -0.140. The number of amides is 1. The molecule has 0 atom stereocenters. The van der Waals surface area contributed by atoms with Crippen molar-refractivity contribution in [2.45, 2.75) is 19.5 Å². The molecular formula is C14H16F3N5O2. The fourth-order valence-electron chi connectivity index (χ4n) is 1.54. The van der Waals surface area contributed by atoms with Crippen molar-refractivity contribution in [3.63, 3.8) is 0 Å². The number of carbonyl (C=O) groups excluding carboxylic acids is 1. The Morgan fingerprint density at radius 2 is 2.21 bits per heavy atom. The molecule has 130 valence electrons. The first-order valence-electron chi connectivity index (χ1n) is 6.67. The fourth-order valence-corrected chi connectivity index (χ4v) is 1.54. The second-order valence-electron chi connectivity index (χ2n) is 4.50. The third-order valence-corrected chi connectivity index (χ3v) is 2.63. The largest absolute Gasteiger partial charge is 0.435 e. The van der Waals surface area contributed by atoms with Crippen LogP contribution in [0.25, 0.3) is 5.57 Å². The van der Waals surface area contributed by atoms with E-state index >= 15 is 0 Å². The lowest BCUT2D eigenvalue weighted by Crippen LogP contribution is -2.20. The molecule has 1 aromatic rings. The van der Waals surface area contributed by atoms with Gasteiger partial charge in [-0.2, -0.15) is 13.2 Å². The van der Waals surface area contributed by atoms with Crippen LogP contribution in [0.1, 0.15) is 24.9 Å². The second-order valence-corrected chi connectivity index (χ2v) is 4.50. The van der Waals surface area contributed by atoms with Crippen molar-refractivity contribution >= 4 is 30.2 Å². The monoisotopic (exact) mass is 343 g/mol. The molecule has 0 aliphatic carbocycles. The molecule has 0 aliphatic rings.